The highest BCUT2D eigenvalue weighted by atomic mass is 35.5. The molecule has 84 valence electrons. The summed E-state index contributed by atoms with van der Waals surface area (Å²) in [6.45, 7) is 6.30. The van der Waals surface area contributed by atoms with Gasteiger partial charge in [0, 0.05) is 29.1 Å². The Hall–Kier alpha value is -0.990. The number of nitrogens with one attached hydrogen (secondary N) is 1. The maximum atomic E-state index is 6.21. The molecule has 2 nitrogen and oxygen atoms in total. The number of rotatable bonds is 0. The molecule has 0 radical (unpaired) electrons. The van der Waals surface area contributed by atoms with Crippen LogP contribution < -0.4 is 5.32 Å². The van der Waals surface area contributed by atoms with Gasteiger partial charge in [-0.25, -0.2) is 0 Å². The van der Waals surface area contributed by atoms with Gasteiger partial charge in [0.15, 0.2) is 0 Å². The SMILES string of the molecule is Cc1c2n(c3c(C)c(Cl)ccc13)CNCC2. The fourth-order valence-electron chi connectivity index (χ4n) is 2.71. The van der Waals surface area contributed by atoms with E-state index >= 15 is 0 Å². The molecule has 0 atom stereocenters. The number of halogens is 1. The molecule has 3 rings (SSSR count). The van der Waals surface area contributed by atoms with E-state index in [9.17, 15) is 0 Å². The van der Waals surface area contributed by atoms with E-state index in [2.05, 4.69) is 29.8 Å². The molecule has 0 saturated carbocycles. The van der Waals surface area contributed by atoms with E-state index < -0.39 is 0 Å². The number of hydrogen-bond acceptors (Lipinski definition) is 1. The Morgan fingerprint density at radius 2 is 2.06 bits per heavy atom. The predicted octanol–water partition coefficient (Wildman–Crippen LogP) is 3.01. The lowest BCUT2D eigenvalue weighted by Gasteiger charge is -2.18. The van der Waals surface area contributed by atoms with Crippen molar-refractivity contribution < 1.29 is 0 Å². The van der Waals surface area contributed by atoms with Gasteiger partial charge in [0.25, 0.3) is 0 Å². The number of benzene rings is 1. The van der Waals surface area contributed by atoms with Gasteiger partial charge in [-0.1, -0.05) is 17.7 Å². The van der Waals surface area contributed by atoms with Crippen LogP contribution in [0.4, 0.5) is 0 Å². The Morgan fingerprint density at radius 1 is 1.25 bits per heavy atom. The summed E-state index contributed by atoms with van der Waals surface area (Å²) in [6.07, 6.45) is 1.11. The van der Waals surface area contributed by atoms with Crippen molar-refractivity contribution in [3.8, 4) is 0 Å². The predicted molar refractivity (Wildman–Crippen MR) is 68.1 cm³/mol. The molecular weight excluding hydrogens is 220 g/mol. The minimum Gasteiger partial charge on any atom is -0.331 e. The van der Waals surface area contributed by atoms with Crippen LogP contribution in [0.2, 0.25) is 5.02 Å². The molecule has 0 bridgehead atoms. The maximum Gasteiger partial charge on any atom is 0.0729 e. The van der Waals surface area contributed by atoms with Crippen LogP contribution >= 0.6 is 11.6 Å². The standard InChI is InChI=1S/C13H15ClN2/c1-8-10-3-4-11(14)9(2)13(10)16-7-15-6-5-12(8)16/h3-4,15H,5-7H2,1-2H3. The summed E-state index contributed by atoms with van der Waals surface area (Å²) in [6, 6.07) is 4.15. The number of aromatic nitrogens is 1. The minimum absolute atomic E-state index is 0.860. The van der Waals surface area contributed by atoms with Gasteiger partial charge in [0.1, 0.15) is 0 Å². The summed E-state index contributed by atoms with van der Waals surface area (Å²) >= 11 is 6.21. The van der Waals surface area contributed by atoms with E-state index in [4.69, 9.17) is 11.6 Å². The Bertz CT molecular complexity index is 569. The number of hydrogen-bond donors (Lipinski definition) is 1. The molecule has 1 aromatic heterocycles. The minimum atomic E-state index is 0.860. The van der Waals surface area contributed by atoms with Crippen molar-refractivity contribution in [1.29, 1.82) is 0 Å². The van der Waals surface area contributed by atoms with Crippen molar-refractivity contribution in [2.75, 3.05) is 6.54 Å². The summed E-state index contributed by atoms with van der Waals surface area (Å²) in [5.41, 5.74) is 5.36. The van der Waals surface area contributed by atoms with Crippen LogP contribution in [-0.2, 0) is 13.1 Å². The van der Waals surface area contributed by atoms with Crippen molar-refractivity contribution >= 4 is 22.5 Å². The molecule has 0 saturated heterocycles. The average molecular weight is 235 g/mol. The second-order valence-electron chi connectivity index (χ2n) is 4.48. The van der Waals surface area contributed by atoms with Crippen LogP contribution in [0.5, 0.6) is 0 Å². The van der Waals surface area contributed by atoms with Crippen LogP contribution in [-0.4, -0.2) is 11.1 Å². The van der Waals surface area contributed by atoms with E-state index in [-0.39, 0.29) is 0 Å². The lowest BCUT2D eigenvalue weighted by Crippen LogP contribution is -2.28. The van der Waals surface area contributed by atoms with E-state index in [0.717, 1.165) is 24.7 Å². The molecule has 1 aliphatic heterocycles. The molecule has 0 unspecified atom stereocenters. The highest BCUT2D eigenvalue weighted by molar-refractivity contribution is 6.32. The molecule has 1 N–H and O–H groups in total. The first-order chi connectivity index (χ1) is 7.70. The van der Waals surface area contributed by atoms with Gasteiger partial charge >= 0.3 is 0 Å². The summed E-state index contributed by atoms with van der Waals surface area (Å²) in [5, 5.41) is 5.62. The monoisotopic (exact) mass is 234 g/mol. The third-order valence-electron chi connectivity index (χ3n) is 3.61. The average Bonchev–Trinajstić information content (AvgIpc) is 2.59. The highest BCUT2D eigenvalue weighted by Crippen LogP contribution is 2.32. The lowest BCUT2D eigenvalue weighted by molar-refractivity contribution is 0.504. The van der Waals surface area contributed by atoms with Crippen molar-refractivity contribution in [2.45, 2.75) is 26.9 Å². The molecule has 1 aliphatic rings. The van der Waals surface area contributed by atoms with Gasteiger partial charge in [0.2, 0.25) is 0 Å². The van der Waals surface area contributed by atoms with Gasteiger partial charge < -0.3 is 4.57 Å². The molecule has 16 heavy (non-hydrogen) atoms. The molecule has 0 spiro atoms. The summed E-state index contributed by atoms with van der Waals surface area (Å²) in [5.74, 6) is 0. The van der Waals surface area contributed by atoms with Crippen molar-refractivity contribution in [3.63, 3.8) is 0 Å². The molecule has 0 amide bonds. The van der Waals surface area contributed by atoms with Gasteiger partial charge in [-0.05, 0) is 31.0 Å². The molecule has 1 aromatic carbocycles. The summed E-state index contributed by atoms with van der Waals surface area (Å²) in [4.78, 5) is 0. The smallest absolute Gasteiger partial charge is 0.0729 e. The number of nitrogens with zero attached hydrogens (tertiary/aromatic N) is 1. The topological polar surface area (TPSA) is 17.0 Å². The van der Waals surface area contributed by atoms with Crippen LogP contribution in [0.15, 0.2) is 12.1 Å². The highest BCUT2D eigenvalue weighted by Gasteiger charge is 2.18. The van der Waals surface area contributed by atoms with Crippen LogP contribution in [0.25, 0.3) is 10.9 Å². The van der Waals surface area contributed by atoms with E-state index in [1.54, 1.807) is 0 Å². The van der Waals surface area contributed by atoms with Gasteiger partial charge in [-0.2, -0.15) is 0 Å². The van der Waals surface area contributed by atoms with Gasteiger partial charge in [-0.15, -0.1) is 0 Å². The van der Waals surface area contributed by atoms with Crippen LogP contribution in [0.1, 0.15) is 16.8 Å². The quantitative estimate of drug-likeness (QED) is 0.742. The van der Waals surface area contributed by atoms with Crippen LogP contribution in [0.3, 0.4) is 0 Å². The van der Waals surface area contributed by atoms with Crippen molar-refractivity contribution in [3.05, 3.63) is 34.0 Å². The Morgan fingerprint density at radius 3 is 2.88 bits per heavy atom. The zero-order valence-electron chi connectivity index (χ0n) is 9.60. The maximum absolute atomic E-state index is 6.21. The largest absolute Gasteiger partial charge is 0.331 e. The first-order valence-corrected chi connectivity index (χ1v) is 6.05. The molecule has 0 aliphatic carbocycles. The fraction of sp³-hybridized carbons (Fsp3) is 0.385. The van der Waals surface area contributed by atoms with E-state index in [0.29, 0.717) is 0 Å². The normalized spacial score (nSPS) is 15.4. The number of fused-ring (bicyclic) bond motifs is 3. The molecule has 0 fully saturated rings. The zero-order chi connectivity index (χ0) is 11.3. The molecule has 2 aromatic rings. The summed E-state index contributed by atoms with van der Waals surface area (Å²) < 4.78 is 2.37. The second-order valence-corrected chi connectivity index (χ2v) is 4.88. The fourth-order valence-corrected chi connectivity index (χ4v) is 2.87. The molecule has 3 heteroatoms. The van der Waals surface area contributed by atoms with E-state index in [1.807, 2.05) is 6.07 Å². The number of aryl methyl sites for hydroxylation is 2. The molecule has 2 heterocycles. The van der Waals surface area contributed by atoms with Gasteiger partial charge in [-0.3, -0.25) is 5.32 Å². The first-order valence-electron chi connectivity index (χ1n) is 5.67. The Kier molecular flexibility index (Phi) is 2.23. The third-order valence-corrected chi connectivity index (χ3v) is 4.02. The van der Waals surface area contributed by atoms with Crippen molar-refractivity contribution in [1.82, 2.24) is 9.88 Å². The first kappa shape index (κ1) is 10.2. The zero-order valence-corrected chi connectivity index (χ0v) is 10.4. The molecular formula is C13H15ClN2. The van der Waals surface area contributed by atoms with E-state index in [1.165, 1.54) is 27.7 Å². The Labute approximate surface area is 100 Å². The summed E-state index contributed by atoms with van der Waals surface area (Å²) in [7, 11) is 0. The van der Waals surface area contributed by atoms with Crippen molar-refractivity contribution in [2.24, 2.45) is 0 Å². The second kappa shape index (κ2) is 3.51. The lowest BCUT2D eigenvalue weighted by atomic mass is 10.1. The van der Waals surface area contributed by atoms with Gasteiger partial charge in [0.05, 0.1) is 12.2 Å². The third kappa shape index (κ3) is 1.23. The Balaban J connectivity index is 2.45. The van der Waals surface area contributed by atoms with Crippen LogP contribution in [0, 0.1) is 13.8 Å².